The molecule has 1 aliphatic heterocycles. The van der Waals surface area contributed by atoms with Gasteiger partial charge in [0.2, 0.25) is 0 Å². The molecule has 3 rings (SSSR count). The van der Waals surface area contributed by atoms with Crippen LogP contribution in [-0.2, 0) is 13.1 Å². The van der Waals surface area contributed by atoms with E-state index in [0.29, 0.717) is 12.6 Å². The van der Waals surface area contributed by atoms with Crippen LogP contribution >= 0.6 is 11.3 Å². The van der Waals surface area contributed by atoms with Gasteiger partial charge in [0, 0.05) is 36.8 Å². The van der Waals surface area contributed by atoms with Crippen LogP contribution in [0, 0.1) is 0 Å². The summed E-state index contributed by atoms with van der Waals surface area (Å²) in [7, 11) is 0. The van der Waals surface area contributed by atoms with Crippen molar-refractivity contribution in [3.05, 3.63) is 28.3 Å². The van der Waals surface area contributed by atoms with Gasteiger partial charge in [0.15, 0.2) is 0 Å². The van der Waals surface area contributed by atoms with Crippen molar-refractivity contribution in [2.75, 3.05) is 18.4 Å². The molecule has 0 saturated carbocycles. The molecule has 7 heteroatoms. The highest BCUT2D eigenvalue weighted by Gasteiger charge is 2.21. The average Bonchev–Trinajstić information content (AvgIpc) is 2.93. The zero-order valence-electron chi connectivity index (χ0n) is 9.97. The van der Waals surface area contributed by atoms with Crippen LogP contribution in [0.25, 0.3) is 0 Å². The topological polar surface area (TPSA) is 80.8 Å². The van der Waals surface area contributed by atoms with E-state index >= 15 is 0 Å². The van der Waals surface area contributed by atoms with E-state index in [-0.39, 0.29) is 0 Å². The highest BCUT2D eigenvalue weighted by atomic mass is 32.1. The Morgan fingerprint density at radius 3 is 3.11 bits per heavy atom. The lowest BCUT2D eigenvalue weighted by molar-refractivity contribution is 0.321. The summed E-state index contributed by atoms with van der Waals surface area (Å²) in [5, 5.41) is 12.0. The van der Waals surface area contributed by atoms with E-state index in [0.717, 1.165) is 30.5 Å². The number of hydrogen-bond acceptors (Lipinski definition) is 6. The molecule has 3 heterocycles. The van der Waals surface area contributed by atoms with Gasteiger partial charge in [-0.25, -0.2) is 9.67 Å². The van der Waals surface area contributed by atoms with Gasteiger partial charge in [-0.1, -0.05) is 0 Å². The van der Waals surface area contributed by atoms with E-state index in [1.807, 2.05) is 23.1 Å². The quantitative estimate of drug-likeness (QED) is 0.735. The van der Waals surface area contributed by atoms with Gasteiger partial charge in [-0.2, -0.15) is 5.10 Å². The minimum absolute atomic E-state index is 0.476. The number of aromatic nitrogens is 3. The molecule has 0 aliphatic carbocycles. The van der Waals surface area contributed by atoms with Gasteiger partial charge in [-0.05, 0) is 0 Å². The molecule has 2 aromatic heterocycles. The first-order chi connectivity index (χ1) is 8.86. The number of nitrogens with one attached hydrogen (secondary N) is 2. The van der Waals surface area contributed by atoms with Gasteiger partial charge in [0.1, 0.15) is 10.8 Å². The van der Waals surface area contributed by atoms with E-state index in [1.54, 1.807) is 11.3 Å². The van der Waals surface area contributed by atoms with Crippen molar-refractivity contribution in [2.45, 2.75) is 19.1 Å². The molecule has 0 amide bonds. The number of thiazole rings is 1. The summed E-state index contributed by atoms with van der Waals surface area (Å²) in [5.41, 5.74) is 5.55. The fourth-order valence-electron chi connectivity index (χ4n) is 1.89. The number of nitrogens with two attached hydrogens (primary N) is 1. The predicted octanol–water partition coefficient (Wildman–Crippen LogP) is 0.555. The van der Waals surface area contributed by atoms with Crippen LogP contribution in [0.3, 0.4) is 0 Å². The Balaban J connectivity index is 1.64. The molecular formula is C11H16N6S. The summed E-state index contributed by atoms with van der Waals surface area (Å²) in [6, 6.07) is 2.48. The van der Waals surface area contributed by atoms with Crippen molar-refractivity contribution in [1.82, 2.24) is 20.1 Å². The standard InChI is InChI=1S/C11H16N6S/c12-3-11-15-7-9(18-11)6-14-10-1-2-16-17(10)8-4-13-5-8/h1-2,7-8,13-14H,3-6,12H2. The smallest absolute Gasteiger partial charge is 0.124 e. The summed E-state index contributed by atoms with van der Waals surface area (Å²) >= 11 is 1.65. The Kier molecular flexibility index (Phi) is 3.26. The Bertz CT molecular complexity index is 515. The molecule has 2 aromatic rings. The molecule has 4 N–H and O–H groups in total. The van der Waals surface area contributed by atoms with E-state index < -0.39 is 0 Å². The number of nitrogens with zero attached hydrogens (tertiary/aromatic N) is 3. The molecule has 18 heavy (non-hydrogen) atoms. The second-order valence-corrected chi connectivity index (χ2v) is 5.45. The molecule has 0 unspecified atom stereocenters. The molecule has 1 aliphatic rings. The maximum atomic E-state index is 5.55. The third-order valence-corrected chi connectivity index (χ3v) is 4.02. The largest absolute Gasteiger partial charge is 0.365 e. The van der Waals surface area contributed by atoms with Crippen LogP contribution in [0.1, 0.15) is 15.9 Å². The summed E-state index contributed by atoms with van der Waals surface area (Å²) < 4.78 is 2.04. The molecule has 0 spiro atoms. The first-order valence-electron chi connectivity index (χ1n) is 5.98. The van der Waals surface area contributed by atoms with Gasteiger partial charge >= 0.3 is 0 Å². The van der Waals surface area contributed by atoms with Crippen LogP contribution in [0.15, 0.2) is 18.5 Å². The Labute approximate surface area is 109 Å². The fraction of sp³-hybridized carbons (Fsp3) is 0.455. The molecule has 96 valence electrons. The average molecular weight is 264 g/mol. The second-order valence-electron chi connectivity index (χ2n) is 4.25. The third kappa shape index (κ3) is 2.24. The summed E-state index contributed by atoms with van der Waals surface area (Å²) in [6.45, 7) is 3.27. The van der Waals surface area contributed by atoms with E-state index in [9.17, 15) is 0 Å². The SMILES string of the molecule is NCc1ncc(CNc2ccnn2C2CNC2)s1. The maximum Gasteiger partial charge on any atom is 0.124 e. The predicted molar refractivity (Wildman–Crippen MR) is 71.5 cm³/mol. The van der Waals surface area contributed by atoms with E-state index in [2.05, 4.69) is 20.7 Å². The van der Waals surface area contributed by atoms with E-state index in [4.69, 9.17) is 5.73 Å². The number of anilines is 1. The molecule has 0 radical (unpaired) electrons. The maximum absolute atomic E-state index is 5.55. The van der Waals surface area contributed by atoms with Crippen molar-refractivity contribution in [1.29, 1.82) is 0 Å². The van der Waals surface area contributed by atoms with Gasteiger partial charge in [0.25, 0.3) is 0 Å². The normalized spacial score (nSPS) is 15.6. The van der Waals surface area contributed by atoms with E-state index in [1.165, 1.54) is 4.88 Å². The van der Waals surface area contributed by atoms with Crippen LogP contribution in [-0.4, -0.2) is 27.9 Å². The van der Waals surface area contributed by atoms with Gasteiger partial charge < -0.3 is 16.4 Å². The van der Waals surface area contributed by atoms with Crippen molar-refractivity contribution >= 4 is 17.2 Å². The first-order valence-corrected chi connectivity index (χ1v) is 6.80. The third-order valence-electron chi connectivity index (χ3n) is 3.00. The lowest BCUT2D eigenvalue weighted by Crippen LogP contribution is -2.44. The summed E-state index contributed by atoms with van der Waals surface area (Å²) in [5.74, 6) is 1.06. The molecular weight excluding hydrogens is 248 g/mol. The molecule has 6 nitrogen and oxygen atoms in total. The zero-order chi connectivity index (χ0) is 12.4. The first kappa shape index (κ1) is 11.6. The minimum Gasteiger partial charge on any atom is -0.365 e. The highest BCUT2D eigenvalue weighted by Crippen LogP contribution is 2.19. The minimum atomic E-state index is 0.476. The zero-order valence-corrected chi connectivity index (χ0v) is 10.8. The van der Waals surface area contributed by atoms with Crippen molar-refractivity contribution in [3.8, 4) is 0 Å². The highest BCUT2D eigenvalue weighted by molar-refractivity contribution is 7.11. The lowest BCUT2D eigenvalue weighted by atomic mass is 10.2. The summed E-state index contributed by atoms with van der Waals surface area (Å²) in [4.78, 5) is 5.43. The molecule has 0 bridgehead atoms. The molecule has 1 fully saturated rings. The van der Waals surface area contributed by atoms with Gasteiger partial charge in [-0.15, -0.1) is 11.3 Å². The fourth-order valence-corrected chi connectivity index (χ4v) is 2.63. The van der Waals surface area contributed by atoms with Gasteiger partial charge in [0.05, 0.1) is 18.8 Å². The van der Waals surface area contributed by atoms with Crippen LogP contribution < -0.4 is 16.4 Å². The Hall–Kier alpha value is -1.44. The Morgan fingerprint density at radius 2 is 2.44 bits per heavy atom. The second kappa shape index (κ2) is 5.05. The van der Waals surface area contributed by atoms with Crippen molar-refractivity contribution < 1.29 is 0 Å². The monoisotopic (exact) mass is 264 g/mol. The van der Waals surface area contributed by atoms with Crippen LogP contribution in [0.5, 0.6) is 0 Å². The van der Waals surface area contributed by atoms with Crippen LogP contribution in [0.4, 0.5) is 5.82 Å². The number of rotatable bonds is 5. The van der Waals surface area contributed by atoms with Crippen molar-refractivity contribution in [3.63, 3.8) is 0 Å². The molecule has 1 saturated heterocycles. The molecule has 0 atom stereocenters. The van der Waals surface area contributed by atoms with Crippen LogP contribution in [0.2, 0.25) is 0 Å². The number of hydrogen-bond donors (Lipinski definition) is 3. The van der Waals surface area contributed by atoms with Crippen molar-refractivity contribution in [2.24, 2.45) is 5.73 Å². The molecule has 0 aromatic carbocycles. The Morgan fingerprint density at radius 1 is 1.56 bits per heavy atom. The lowest BCUT2D eigenvalue weighted by Gasteiger charge is -2.28. The van der Waals surface area contributed by atoms with Gasteiger partial charge in [-0.3, -0.25) is 0 Å². The summed E-state index contributed by atoms with van der Waals surface area (Å²) in [6.07, 6.45) is 3.71.